The second-order valence-corrected chi connectivity index (χ2v) is 5.83. The molecule has 3 rings (SSSR count). The number of nitrogens with one attached hydrogen (secondary N) is 2. The van der Waals surface area contributed by atoms with Gasteiger partial charge in [-0.3, -0.25) is 9.59 Å². The number of amides is 2. The van der Waals surface area contributed by atoms with E-state index >= 15 is 0 Å². The quantitative estimate of drug-likeness (QED) is 0.871. The van der Waals surface area contributed by atoms with E-state index in [2.05, 4.69) is 28.5 Å². The molecule has 5 nitrogen and oxygen atoms in total. The Morgan fingerprint density at radius 1 is 1.50 bits per heavy atom. The molecule has 2 amide bonds. The van der Waals surface area contributed by atoms with Crippen LogP contribution in [0.5, 0.6) is 0 Å². The molecule has 0 aromatic heterocycles. The zero-order chi connectivity index (χ0) is 14.3. The van der Waals surface area contributed by atoms with Crippen LogP contribution in [0.2, 0.25) is 0 Å². The first-order valence-corrected chi connectivity index (χ1v) is 6.92. The fraction of sp³-hybridized carbons (Fsp3) is 0.467. The molecular weight excluding hydrogens is 254 g/mol. The lowest BCUT2D eigenvalue weighted by Crippen LogP contribution is -2.38. The highest BCUT2D eigenvalue weighted by molar-refractivity contribution is 5.98. The Labute approximate surface area is 118 Å². The molecule has 1 aromatic rings. The summed E-state index contributed by atoms with van der Waals surface area (Å²) < 4.78 is 0. The minimum Gasteiger partial charge on any atom is -0.370 e. The van der Waals surface area contributed by atoms with Gasteiger partial charge in [0.2, 0.25) is 11.8 Å². The van der Waals surface area contributed by atoms with E-state index in [-0.39, 0.29) is 17.2 Å². The van der Waals surface area contributed by atoms with Crippen molar-refractivity contribution in [2.24, 2.45) is 0 Å². The maximum absolute atomic E-state index is 11.8. The molecule has 0 radical (unpaired) electrons. The fourth-order valence-corrected chi connectivity index (χ4v) is 3.38. The Bertz CT molecular complexity index is 584. The van der Waals surface area contributed by atoms with Gasteiger partial charge in [0.15, 0.2) is 0 Å². The number of rotatable bonds is 3. The lowest BCUT2D eigenvalue weighted by molar-refractivity contribution is -0.120. The van der Waals surface area contributed by atoms with Crippen molar-refractivity contribution in [3.8, 4) is 0 Å². The van der Waals surface area contributed by atoms with Crippen molar-refractivity contribution in [1.29, 1.82) is 0 Å². The van der Waals surface area contributed by atoms with Crippen molar-refractivity contribution in [1.82, 2.24) is 5.32 Å². The largest absolute Gasteiger partial charge is 0.370 e. The maximum atomic E-state index is 11.8. The summed E-state index contributed by atoms with van der Waals surface area (Å²) in [6.07, 6.45) is 0.977. The SMILES string of the molecule is CNC(=O)CCN1CC2(C)CC(=O)Nc3cccc1c32. The summed E-state index contributed by atoms with van der Waals surface area (Å²) in [6.45, 7) is 3.61. The Morgan fingerprint density at radius 3 is 3.05 bits per heavy atom. The standard InChI is InChI=1S/C15H19N3O2/c1-15-8-13(20)17-10-4-3-5-11(14(10)15)18(9-15)7-6-12(19)16-2/h3-5H,6-9H2,1-2H3,(H,16,19)(H,17,20). The Hall–Kier alpha value is -2.04. The van der Waals surface area contributed by atoms with Crippen LogP contribution in [0.4, 0.5) is 11.4 Å². The van der Waals surface area contributed by atoms with Gasteiger partial charge in [-0.1, -0.05) is 13.0 Å². The van der Waals surface area contributed by atoms with E-state index in [9.17, 15) is 9.59 Å². The topological polar surface area (TPSA) is 61.4 Å². The van der Waals surface area contributed by atoms with Crippen LogP contribution in [0.25, 0.3) is 0 Å². The third kappa shape index (κ3) is 1.94. The van der Waals surface area contributed by atoms with Gasteiger partial charge in [-0.15, -0.1) is 0 Å². The number of carbonyl (C=O) groups is 2. The average Bonchev–Trinajstić information content (AvgIpc) is 2.69. The van der Waals surface area contributed by atoms with Gasteiger partial charge in [-0.05, 0) is 12.1 Å². The molecule has 1 atom stereocenters. The third-order valence-corrected chi connectivity index (χ3v) is 4.24. The molecule has 0 bridgehead atoms. The molecule has 1 unspecified atom stereocenters. The van der Waals surface area contributed by atoms with Gasteiger partial charge in [0.25, 0.3) is 0 Å². The van der Waals surface area contributed by atoms with Crippen molar-refractivity contribution in [2.45, 2.75) is 25.2 Å². The number of carbonyl (C=O) groups excluding carboxylic acids is 2. The van der Waals surface area contributed by atoms with Crippen molar-refractivity contribution in [2.75, 3.05) is 30.4 Å². The van der Waals surface area contributed by atoms with E-state index < -0.39 is 0 Å². The lowest BCUT2D eigenvalue weighted by atomic mass is 9.78. The fourth-order valence-electron chi connectivity index (χ4n) is 3.38. The normalized spacial score (nSPS) is 23.3. The van der Waals surface area contributed by atoms with Crippen LogP contribution in [-0.4, -0.2) is 32.0 Å². The second-order valence-electron chi connectivity index (χ2n) is 5.83. The molecule has 2 N–H and O–H groups in total. The molecule has 0 saturated heterocycles. The second kappa shape index (κ2) is 4.51. The van der Waals surface area contributed by atoms with E-state index in [1.54, 1.807) is 7.05 Å². The van der Waals surface area contributed by atoms with Gasteiger partial charge in [0, 0.05) is 55.3 Å². The van der Waals surface area contributed by atoms with E-state index in [4.69, 9.17) is 0 Å². The van der Waals surface area contributed by atoms with Crippen LogP contribution in [0, 0.1) is 0 Å². The summed E-state index contributed by atoms with van der Waals surface area (Å²) in [5, 5.41) is 5.59. The molecule has 0 saturated carbocycles. The number of benzene rings is 1. The van der Waals surface area contributed by atoms with Crippen LogP contribution in [-0.2, 0) is 15.0 Å². The summed E-state index contributed by atoms with van der Waals surface area (Å²) in [6, 6.07) is 5.99. The predicted octanol–water partition coefficient (Wildman–Crippen LogP) is 1.24. The van der Waals surface area contributed by atoms with Gasteiger partial charge in [-0.2, -0.15) is 0 Å². The van der Waals surface area contributed by atoms with Crippen LogP contribution in [0.3, 0.4) is 0 Å². The minimum atomic E-state index is -0.142. The first kappa shape index (κ1) is 13.0. The number of hydrogen-bond acceptors (Lipinski definition) is 3. The molecule has 1 aromatic carbocycles. The molecule has 0 spiro atoms. The van der Waals surface area contributed by atoms with Crippen molar-refractivity contribution >= 4 is 23.2 Å². The first-order chi connectivity index (χ1) is 9.53. The molecule has 5 heteroatoms. The van der Waals surface area contributed by atoms with E-state index in [1.807, 2.05) is 12.1 Å². The summed E-state index contributed by atoms with van der Waals surface area (Å²) >= 11 is 0. The zero-order valence-corrected chi connectivity index (χ0v) is 11.8. The van der Waals surface area contributed by atoms with Gasteiger partial charge in [0.05, 0.1) is 0 Å². The Balaban J connectivity index is 1.92. The third-order valence-electron chi connectivity index (χ3n) is 4.24. The number of nitrogens with zero attached hydrogens (tertiary/aromatic N) is 1. The van der Waals surface area contributed by atoms with E-state index in [0.717, 1.165) is 17.9 Å². The average molecular weight is 273 g/mol. The first-order valence-electron chi connectivity index (χ1n) is 6.92. The predicted molar refractivity (Wildman–Crippen MR) is 77.9 cm³/mol. The molecule has 20 heavy (non-hydrogen) atoms. The summed E-state index contributed by atoms with van der Waals surface area (Å²) in [7, 11) is 1.65. The highest BCUT2D eigenvalue weighted by Gasteiger charge is 2.44. The maximum Gasteiger partial charge on any atom is 0.225 e. The van der Waals surface area contributed by atoms with Crippen molar-refractivity contribution < 1.29 is 9.59 Å². The Kier molecular flexibility index (Phi) is 2.92. The monoisotopic (exact) mass is 273 g/mol. The smallest absolute Gasteiger partial charge is 0.225 e. The van der Waals surface area contributed by atoms with Gasteiger partial charge in [0.1, 0.15) is 0 Å². The molecule has 2 aliphatic heterocycles. The molecule has 0 fully saturated rings. The van der Waals surface area contributed by atoms with Crippen LogP contribution < -0.4 is 15.5 Å². The summed E-state index contributed by atoms with van der Waals surface area (Å²) in [5.41, 5.74) is 3.14. The summed E-state index contributed by atoms with van der Waals surface area (Å²) in [5.74, 6) is 0.116. The van der Waals surface area contributed by atoms with Crippen LogP contribution in [0.1, 0.15) is 25.3 Å². The van der Waals surface area contributed by atoms with Crippen LogP contribution in [0.15, 0.2) is 18.2 Å². The lowest BCUT2D eigenvalue weighted by Gasteiger charge is -2.30. The molecular formula is C15H19N3O2. The molecule has 2 heterocycles. The highest BCUT2D eigenvalue weighted by atomic mass is 16.2. The minimum absolute atomic E-state index is 0.0420. The van der Waals surface area contributed by atoms with Gasteiger partial charge in [-0.25, -0.2) is 0 Å². The van der Waals surface area contributed by atoms with Crippen molar-refractivity contribution in [3.63, 3.8) is 0 Å². The zero-order valence-electron chi connectivity index (χ0n) is 11.8. The van der Waals surface area contributed by atoms with E-state index in [1.165, 1.54) is 5.56 Å². The van der Waals surface area contributed by atoms with Gasteiger partial charge < -0.3 is 15.5 Å². The highest BCUT2D eigenvalue weighted by Crippen LogP contribution is 2.48. The summed E-state index contributed by atoms with van der Waals surface area (Å²) in [4.78, 5) is 25.5. The number of hydrogen-bond donors (Lipinski definition) is 2. The number of anilines is 2. The van der Waals surface area contributed by atoms with Crippen molar-refractivity contribution in [3.05, 3.63) is 23.8 Å². The van der Waals surface area contributed by atoms with Gasteiger partial charge >= 0.3 is 0 Å². The van der Waals surface area contributed by atoms with Crippen LogP contribution >= 0.6 is 0 Å². The molecule has 106 valence electrons. The molecule has 0 aliphatic carbocycles. The molecule has 2 aliphatic rings. The van der Waals surface area contributed by atoms with E-state index in [0.29, 0.717) is 19.4 Å². The Morgan fingerprint density at radius 2 is 2.30 bits per heavy atom.